The lowest BCUT2D eigenvalue weighted by molar-refractivity contribution is -0.118. The molecule has 10 heteroatoms. The van der Waals surface area contributed by atoms with Gasteiger partial charge in [0.25, 0.3) is 5.91 Å². The summed E-state index contributed by atoms with van der Waals surface area (Å²) in [5, 5.41) is 9.29. The molecule has 0 spiro atoms. The molecule has 30 heavy (non-hydrogen) atoms. The molecule has 0 aliphatic heterocycles. The van der Waals surface area contributed by atoms with E-state index in [0.717, 1.165) is 17.0 Å². The van der Waals surface area contributed by atoms with Crippen LogP contribution >= 0.6 is 23.4 Å². The molecule has 3 rings (SSSR count). The highest BCUT2D eigenvalue weighted by atomic mass is 35.5. The molecule has 7 nitrogen and oxygen atoms in total. The van der Waals surface area contributed by atoms with Gasteiger partial charge in [0, 0.05) is 11.4 Å². The lowest BCUT2D eigenvalue weighted by Gasteiger charge is -2.03. The van der Waals surface area contributed by atoms with E-state index < -0.39 is 0 Å². The fourth-order valence-corrected chi connectivity index (χ4v) is 3.70. The first-order valence-electron chi connectivity index (χ1n) is 9.06. The van der Waals surface area contributed by atoms with Crippen LogP contribution in [0.15, 0.2) is 40.6 Å². The summed E-state index contributed by atoms with van der Waals surface area (Å²) in [5.41, 5.74) is 6.30. The summed E-state index contributed by atoms with van der Waals surface area (Å²) in [6.07, 6.45) is 1.46. The quantitative estimate of drug-likeness (QED) is 0.259. The average Bonchev–Trinajstić information content (AvgIpc) is 2.95. The summed E-state index contributed by atoms with van der Waals surface area (Å²) in [7, 11) is 0. The Kier molecular flexibility index (Phi) is 7.17. The molecule has 0 fully saturated rings. The van der Waals surface area contributed by atoms with Gasteiger partial charge < -0.3 is 0 Å². The van der Waals surface area contributed by atoms with E-state index >= 15 is 0 Å². The second-order valence-electron chi connectivity index (χ2n) is 6.59. The summed E-state index contributed by atoms with van der Waals surface area (Å²) in [6, 6.07) is 8.00. The second kappa shape index (κ2) is 9.82. The van der Waals surface area contributed by atoms with Gasteiger partial charge in [0.15, 0.2) is 5.16 Å². The van der Waals surface area contributed by atoms with Gasteiger partial charge in [0.2, 0.25) is 0 Å². The van der Waals surface area contributed by atoms with E-state index in [9.17, 15) is 9.18 Å². The van der Waals surface area contributed by atoms with Crippen molar-refractivity contribution in [1.82, 2.24) is 25.2 Å². The zero-order valence-corrected chi connectivity index (χ0v) is 18.3. The third-order valence-corrected chi connectivity index (χ3v) is 5.28. The molecule has 0 aliphatic rings. The Balaban J connectivity index is 1.58. The first-order valence-corrected chi connectivity index (χ1v) is 10.4. The fraction of sp³-hybridized carbons (Fsp3) is 0.250. The van der Waals surface area contributed by atoms with Gasteiger partial charge in [-0.2, -0.15) is 10.2 Å². The summed E-state index contributed by atoms with van der Waals surface area (Å²) < 4.78 is 14.7. The highest BCUT2D eigenvalue weighted by molar-refractivity contribution is 7.99. The molecule has 1 N–H and O–H groups in total. The van der Waals surface area contributed by atoms with E-state index in [0.29, 0.717) is 28.1 Å². The number of halogens is 2. The van der Waals surface area contributed by atoms with Gasteiger partial charge in [0.1, 0.15) is 11.0 Å². The predicted octanol–water partition coefficient (Wildman–Crippen LogP) is 3.68. The van der Waals surface area contributed by atoms with Crippen molar-refractivity contribution in [3.8, 4) is 0 Å². The Bertz CT molecular complexity index is 1060. The minimum absolute atomic E-state index is 0.136. The topological polar surface area (TPSA) is 85.1 Å². The number of nitrogens with zero attached hydrogens (tertiary/aromatic N) is 5. The zero-order chi connectivity index (χ0) is 21.7. The Hall–Kier alpha value is -2.78. The molecule has 156 valence electrons. The lowest BCUT2D eigenvalue weighted by Crippen LogP contribution is -2.20. The summed E-state index contributed by atoms with van der Waals surface area (Å²) >= 11 is 7.64. The molecule has 3 aromatic rings. The fourth-order valence-electron chi connectivity index (χ4n) is 2.67. The van der Waals surface area contributed by atoms with E-state index in [1.807, 2.05) is 19.9 Å². The normalized spacial score (nSPS) is 11.2. The number of hydrogen-bond acceptors (Lipinski definition) is 6. The van der Waals surface area contributed by atoms with Crippen molar-refractivity contribution in [2.75, 3.05) is 5.75 Å². The first-order chi connectivity index (χ1) is 14.3. The molecule has 0 unspecified atom stereocenters. The van der Waals surface area contributed by atoms with Crippen LogP contribution in [-0.2, 0) is 11.3 Å². The van der Waals surface area contributed by atoms with Gasteiger partial charge in [-0.25, -0.2) is 24.5 Å². The minimum Gasteiger partial charge on any atom is -0.272 e. The number of hydrazone groups is 1. The van der Waals surface area contributed by atoms with Crippen molar-refractivity contribution in [1.29, 1.82) is 0 Å². The van der Waals surface area contributed by atoms with Crippen LogP contribution in [0.25, 0.3) is 0 Å². The largest absolute Gasteiger partial charge is 0.272 e. The molecular formula is C20H20ClFN6OS. The molecule has 0 saturated carbocycles. The molecule has 0 radical (unpaired) electrons. The number of benzene rings is 1. The van der Waals surface area contributed by atoms with Crippen LogP contribution in [0.3, 0.4) is 0 Å². The van der Waals surface area contributed by atoms with Crippen molar-refractivity contribution in [3.63, 3.8) is 0 Å². The average molecular weight is 447 g/mol. The Labute approximate surface area is 182 Å². The van der Waals surface area contributed by atoms with Gasteiger partial charge in [-0.1, -0.05) is 35.5 Å². The number of thioether (sulfide) groups is 1. The van der Waals surface area contributed by atoms with Gasteiger partial charge in [-0.05, 0) is 44.5 Å². The molecule has 2 heterocycles. The highest BCUT2D eigenvalue weighted by Gasteiger charge is 2.12. The van der Waals surface area contributed by atoms with Crippen LogP contribution < -0.4 is 5.43 Å². The van der Waals surface area contributed by atoms with Crippen molar-refractivity contribution in [2.24, 2.45) is 5.10 Å². The van der Waals surface area contributed by atoms with E-state index in [1.54, 1.807) is 23.7 Å². The van der Waals surface area contributed by atoms with Crippen LogP contribution in [0.4, 0.5) is 4.39 Å². The molecular weight excluding hydrogens is 427 g/mol. The standard InChI is InChI=1S/C20H20ClFN6OS/c1-12-8-13(2)25-20(24-12)30-11-18(29)26-23-9-17-14(3)27-28(19(17)21)10-15-4-6-16(22)7-5-15/h4-9H,10-11H2,1-3H3,(H,26,29). The highest BCUT2D eigenvalue weighted by Crippen LogP contribution is 2.19. The SMILES string of the molecule is Cc1cc(C)nc(SCC(=O)NN=Cc2c(C)nn(Cc3ccc(F)cc3)c2Cl)n1. The molecule has 0 atom stereocenters. The van der Waals surface area contributed by atoms with Crippen LogP contribution in [0.5, 0.6) is 0 Å². The van der Waals surface area contributed by atoms with Gasteiger partial charge >= 0.3 is 0 Å². The van der Waals surface area contributed by atoms with Crippen LogP contribution in [0.2, 0.25) is 5.15 Å². The molecule has 0 aliphatic carbocycles. The summed E-state index contributed by atoms with van der Waals surface area (Å²) in [5.74, 6) is -0.449. The second-order valence-corrected chi connectivity index (χ2v) is 7.89. The monoisotopic (exact) mass is 446 g/mol. The van der Waals surface area contributed by atoms with E-state index in [4.69, 9.17) is 11.6 Å². The summed E-state index contributed by atoms with van der Waals surface area (Å²) in [6.45, 7) is 5.95. The number of carbonyl (C=O) groups is 1. The Morgan fingerprint density at radius 3 is 2.57 bits per heavy atom. The smallest absolute Gasteiger partial charge is 0.250 e. The molecule has 0 saturated heterocycles. The molecule has 0 bridgehead atoms. The third-order valence-electron chi connectivity index (χ3n) is 4.03. The predicted molar refractivity (Wildman–Crippen MR) is 115 cm³/mol. The maximum Gasteiger partial charge on any atom is 0.250 e. The maximum atomic E-state index is 13.1. The van der Waals surface area contributed by atoms with Crippen molar-refractivity contribution >= 4 is 35.5 Å². The number of amides is 1. The number of aryl methyl sites for hydroxylation is 3. The Morgan fingerprint density at radius 1 is 1.23 bits per heavy atom. The molecule has 2 aromatic heterocycles. The number of rotatable bonds is 7. The Morgan fingerprint density at radius 2 is 1.90 bits per heavy atom. The van der Waals surface area contributed by atoms with Crippen molar-refractivity contribution in [3.05, 3.63) is 69.5 Å². The van der Waals surface area contributed by atoms with Crippen molar-refractivity contribution in [2.45, 2.75) is 32.5 Å². The van der Waals surface area contributed by atoms with E-state index in [-0.39, 0.29) is 17.5 Å². The lowest BCUT2D eigenvalue weighted by atomic mass is 10.2. The number of nitrogens with one attached hydrogen (secondary N) is 1. The minimum atomic E-state index is -0.299. The molecule has 1 aromatic carbocycles. The van der Waals surface area contributed by atoms with Crippen LogP contribution in [0.1, 0.15) is 28.2 Å². The number of aromatic nitrogens is 4. The van der Waals surface area contributed by atoms with Crippen LogP contribution in [-0.4, -0.2) is 37.6 Å². The van der Waals surface area contributed by atoms with E-state index in [2.05, 4.69) is 25.6 Å². The van der Waals surface area contributed by atoms with Gasteiger partial charge in [-0.15, -0.1) is 0 Å². The third kappa shape index (κ3) is 5.87. The summed E-state index contributed by atoms with van der Waals surface area (Å²) in [4.78, 5) is 20.6. The molecule has 1 amide bonds. The maximum absolute atomic E-state index is 13.1. The number of hydrogen-bond donors (Lipinski definition) is 1. The zero-order valence-electron chi connectivity index (χ0n) is 16.7. The van der Waals surface area contributed by atoms with E-state index in [1.165, 1.54) is 30.1 Å². The van der Waals surface area contributed by atoms with Gasteiger partial charge in [-0.3, -0.25) is 4.79 Å². The number of carbonyl (C=O) groups excluding carboxylic acids is 1. The van der Waals surface area contributed by atoms with Gasteiger partial charge in [0.05, 0.1) is 29.8 Å². The van der Waals surface area contributed by atoms with Crippen molar-refractivity contribution < 1.29 is 9.18 Å². The van der Waals surface area contributed by atoms with Crippen LogP contribution in [0, 0.1) is 26.6 Å². The first kappa shape index (κ1) is 21.9.